The van der Waals surface area contributed by atoms with E-state index in [4.69, 9.17) is 11.6 Å². The fourth-order valence-electron chi connectivity index (χ4n) is 2.36. The van der Waals surface area contributed by atoms with Crippen LogP contribution in [0.4, 0.5) is 4.39 Å². The van der Waals surface area contributed by atoms with E-state index in [1.54, 1.807) is 6.07 Å². The molecule has 0 radical (unpaired) electrons. The van der Waals surface area contributed by atoms with Gasteiger partial charge in [-0.3, -0.25) is 0 Å². The van der Waals surface area contributed by atoms with Crippen molar-refractivity contribution >= 4 is 22.5 Å². The van der Waals surface area contributed by atoms with E-state index in [-0.39, 0.29) is 5.82 Å². The van der Waals surface area contributed by atoms with Crippen molar-refractivity contribution < 1.29 is 4.39 Å². The molecule has 0 saturated heterocycles. The van der Waals surface area contributed by atoms with Crippen LogP contribution in [0, 0.1) is 12.7 Å². The van der Waals surface area contributed by atoms with Crippen LogP contribution in [0.3, 0.4) is 0 Å². The van der Waals surface area contributed by atoms with Crippen LogP contribution in [0.1, 0.15) is 11.1 Å². The predicted molar refractivity (Wildman–Crippen MR) is 77.2 cm³/mol. The highest BCUT2D eigenvalue weighted by atomic mass is 35.5. The van der Waals surface area contributed by atoms with E-state index in [1.165, 1.54) is 23.1 Å². The normalized spacial score (nSPS) is 11.1. The number of benzene rings is 2. The Bertz CT molecular complexity index is 746. The van der Waals surface area contributed by atoms with Crippen molar-refractivity contribution in [1.82, 2.24) is 4.57 Å². The number of hydrogen-bond acceptors (Lipinski definition) is 0. The Kier molecular flexibility index (Phi) is 3.03. The van der Waals surface area contributed by atoms with Gasteiger partial charge in [0.1, 0.15) is 5.82 Å². The molecule has 0 aliphatic heterocycles. The zero-order valence-corrected chi connectivity index (χ0v) is 11.3. The average Bonchev–Trinajstić information content (AvgIpc) is 2.79. The minimum Gasteiger partial charge on any atom is -0.343 e. The molecular formula is C16H13ClFN. The van der Waals surface area contributed by atoms with Crippen molar-refractivity contribution in [2.75, 3.05) is 0 Å². The highest BCUT2D eigenvalue weighted by Crippen LogP contribution is 2.23. The van der Waals surface area contributed by atoms with Gasteiger partial charge in [-0.1, -0.05) is 23.7 Å². The van der Waals surface area contributed by atoms with Crippen molar-refractivity contribution in [2.24, 2.45) is 0 Å². The molecule has 0 unspecified atom stereocenters. The van der Waals surface area contributed by atoms with Gasteiger partial charge in [0.25, 0.3) is 0 Å². The van der Waals surface area contributed by atoms with E-state index < -0.39 is 0 Å². The van der Waals surface area contributed by atoms with E-state index in [1.807, 2.05) is 12.3 Å². The fraction of sp³-hybridized carbons (Fsp3) is 0.125. The summed E-state index contributed by atoms with van der Waals surface area (Å²) in [6, 6.07) is 12.7. The van der Waals surface area contributed by atoms with Gasteiger partial charge in [-0.2, -0.15) is 0 Å². The minimum atomic E-state index is -0.257. The van der Waals surface area contributed by atoms with Crippen LogP contribution in [0.5, 0.6) is 0 Å². The summed E-state index contributed by atoms with van der Waals surface area (Å²) in [5, 5.41) is 1.81. The van der Waals surface area contributed by atoms with Crippen LogP contribution in [-0.2, 0) is 6.54 Å². The van der Waals surface area contributed by atoms with Gasteiger partial charge in [0.05, 0.1) is 0 Å². The van der Waals surface area contributed by atoms with Crippen LogP contribution in [0.25, 0.3) is 10.9 Å². The maximum absolute atomic E-state index is 13.3. The number of aromatic nitrogens is 1. The molecule has 1 nitrogen and oxygen atoms in total. The van der Waals surface area contributed by atoms with Gasteiger partial charge in [0.2, 0.25) is 0 Å². The van der Waals surface area contributed by atoms with Gasteiger partial charge in [-0.25, -0.2) is 4.39 Å². The first-order valence-corrected chi connectivity index (χ1v) is 6.51. The number of halogens is 2. The predicted octanol–water partition coefficient (Wildman–Crippen LogP) is 4.79. The molecule has 1 aromatic heterocycles. The quantitative estimate of drug-likeness (QED) is 0.633. The summed E-state index contributed by atoms with van der Waals surface area (Å²) in [4.78, 5) is 0. The molecule has 3 heteroatoms. The lowest BCUT2D eigenvalue weighted by Gasteiger charge is -2.08. The summed E-state index contributed by atoms with van der Waals surface area (Å²) in [7, 11) is 0. The molecule has 0 aliphatic carbocycles. The van der Waals surface area contributed by atoms with E-state index in [0.717, 1.165) is 11.1 Å². The third kappa shape index (κ3) is 2.24. The van der Waals surface area contributed by atoms with E-state index in [9.17, 15) is 4.39 Å². The molecule has 3 aromatic rings. The zero-order chi connectivity index (χ0) is 13.4. The molecule has 0 atom stereocenters. The topological polar surface area (TPSA) is 4.93 Å². The van der Waals surface area contributed by atoms with Crippen molar-refractivity contribution in [3.05, 3.63) is 70.6 Å². The molecule has 0 saturated carbocycles. The lowest BCUT2D eigenvalue weighted by atomic mass is 10.1. The molecule has 3 rings (SSSR count). The Morgan fingerprint density at radius 3 is 2.84 bits per heavy atom. The lowest BCUT2D eigenvalue weighted by Crippen LogP contribution is -1.99. The van der Waals surface area contributed by atoms with Crippen LogP contribution in [0.15, 0.2) is 48.7 Å². The van der Waals surface area contributed by atoms with Crippen LogP contribution < -0.4 is 0 Å². The van der Waals surface area contributed by atoms with Gasteiger partial charge in [-0.15, -0.1) is 0 Å². The van der Waals surface area contributed by atoms with Crippen molar-refractivity contribution in [2.45, 2.75) is 13.5 Å². The second-order valence-electron chi connectivity index (χ2n) is 4.69. The summed E-state index contributed by atoms with van der Waals surface area (Å²) in [5.74, 6) is -0.257. The Morgan fingerprint density at radius 2 is 2.00 bits per heavy atom. The summed E-state index contributed by atoms with van der Waals surface area (Å²) in [5.41, 5.74) is 3.17. The number of fused-ring (bicyclic) bond motifs is 1. The highest BCUT2D eigenvalue weighted by molar-refractivity contribution is 6.31. The summed E-state index contributed by atoms with van der Waals surface area (Å²) >= 11 is 6.12. The minimum absolute atomic E-state index is 0.257. The summed E-state index contributed by atoms with van der Waals surface area (Å²) in [6.45, 7) is 2.66. The van der Waals surface area contributed by atoms with Crippen molar-refractivity contribution in [1.29, 1.82) is 0 Å². The van der Waals surface area contributed by atoms with Gasteiger partial charge >= 0.3 is 0 Å². The molecule has 0 spiro atoms. The Hall–Kier alpha value is -1.80. The number of rotatable bonds is 2. The lowest BCUT2D eigenvalue weighted by molar-refractivity contribution is 0.624. The van der Waals surface area contributed by atoms with E-state index in [0.29, 0.717) is 11.6 Å². The summed E-state index contributed by atoms with van der Waals surface area (Å²) < 4.78 is 15.4. The van der Waals surface area contributed by atoms with Crippen LogP contribution >= 0.6 is 11.6 Å². The smallest absolute Gasteiger partial charge is 0.123 e. The average molecular weight is 274 g/mol. The Morgan fingerprint density at radius 1 is 1.16 bits per heavy atom. The van der Waals surface area contributed by atoms with Gasteiger partial charge < -0.3 is 4.57 Å². The van der Waals surface area contributed by atoms with E-state index in [2.05, 4.69) is 29.7 Å². The van der Waals surface area contributed by atoms with Crippen LogP contribution in [0.2, 0.25) is 5.02 Å². The zero-order valence-electron chi connectivity index (χ0n) is 10.5. The number of nitrogens with zero attached hydrogens (tertiary/aromatic N) is 1. The fourth-order valence-corrected chi connectivity index (χ4v) is 2.54. The first-order valence-electron chi connectivity index (χ1n) is 6.13. The van der Waals surface area contributed by atoms with Gasteiger partial charge in [0, 0.05) is 28.7 Å². The molecule has 96 valence electrons. The number of aryl methyl sites for hydroxylation is 1. The first kappa shape index (κ1) is 12.2. The SMILES string of the molecule is Cc1cccc2c1ccn2Cc1cc(F)ccc1Cl. The standard InChI is InChI=1S/C16H13ClFN/c1-11-3-2-4-16-14(11)7-8-19(16)10-12-9-13(18)5-6-15(12)17/h2-9H,10H2,1H3. The van der Waals surface area contributed by atoms with Crippen LogP contribution in [-0.4, -0.2) is 4.57 Å². The molecule has 1 heterocycles. The van der Waals surface area contributed by atoms with E-state index >= 15 is 0 Å². The third-order valence-electron chi connectivity index (χ3n) is 3.38. The number of hydrogen-bond donors (Lipinski definition) is 0. The van der Waals surface area contributed by atoms with Gasteiger partial charge in [-0.05, 0) is 48.4 Å². The molecule has 0 bridgehead atoms. The largest absolute Gasteiger partial charge is 0.343 e. The van der Waals surface area contributed by atoms with Crippen molar-refractivity contribution in [3.8, 4) is 0 Å². The molecule has 0 aliphatic rings. The Labute approximate surface area is 116 Å². The molecule has 0 fully saturated rings. The maximum Gasteiger partial charge on any atom is 0.123 e. The third-order valence-corrected chi connectivity index (χ3v) is 3.75. The molecule has 0 amide bonds. The monoisotopic (exact) mass is 273 g/mol. The summed E-state index contributed by atoms with van der Waals surface area (Å²) in [6.07, 6.45) is 2.01. The second-order valence-corrected chi connectivity index (χ2v) is 5.09. The highest BCUT2D eigenvalue weighted by Gasteiger charge is 2.07. The second kappa shape index (κ2) is 4.71. The maximum atomic E-state index is 13.3. The molecular weight excluding hydrogens is 261 g/mol. The molecule has 2 aromatic carbocycles. The Balaban J connectivity index is 2.06. The molecule has 19 heavy (non-hydrogen) atoms. The first-order chi connectivity index (χ1) is 9.15. The van der Waals surface area contributed by atoms with Crippen molar-refractivity contribution in [3.63, 3.8) is 0 Å². The molecule has 0 N–H and O–H groups in total. The van der Waals surface area contributed by atoms with Gasteiger partial charge in [0.15, 0.2) is 0 Å².